The first-order chi connectivity index (χ1) is 23.2. The van der Waals surface area contributed by atoms with Crippen molar-refractivity contribution in [1.82, 2.24) is 16.0 Å². The van der Waals surface area contributed by atoms with Crippen molar-refractivity contribution in [3.8, 4) is 0 Å². The van der Waals surface area contributed by atoms with E-state index >= 15 is 0 Å². The maximum Gasteiger partial charge on any atom is 0.416 e. The molecule has 3 amide bonds. The van der Waals surface area contributed by atoms with Crippen LogP contribution in [0.3, 0.4) is 0 Å². The molecule has 3 rings (SSSR count). The highest BCUT2D eigenvalue weighted by Crippen LogP contribution is 2.32. The fourth-order valence-corrected chi connectivity index (χ4v) is 4.60. The molecule has 49 heavy (non-hydrogen) atoms. The molecular weight excluding hydrogens is 641 g/mol. The second kappa shape index (κ2) is 18.5. The fourth-order valence-electron chi connectivity index (χ4n) is 4.60. The first-order valence-electron chi connectivity index (χ1n) is 16.0. The molecular formula is C36H43F3N4O6. The van der Waals surface area contributed by atoms with Gasteiger partial charge in [-0.3, -0.25) is 14.4 Å². The lowest BCUT2D eigenvalue weighted by atomic mass is 10.0. The van der Waals surface area contributed by atoms with Gasteiger partial charge in [-0.15, -0.1) is 0 Å². The molecule has 4 N–H and O–H groups in total. The number of unbranched alkanes of at least 4 members (excludes halogenated alkanes) is 1. The number of alkyl carbamates (subject to hydrolysis) is 1. The van der Waals surface area contributed by atoms with E-state index in [0.29, 0.717) is 31.5 Å². The molecule has 0 aliphatic carbocycles. The average Bonchev–Trinajstić information content (AvgIpc) is 3.04. The molecule has 0 fully saturated rings. The summed E-state index contributed by atoms with van der Waals surface area (Å²) in [4.78, 5) is 50.9. The van der Waals surface area contributed by atoms with Crippen molar-refractivity contribution >= 4 is 35.3 Å². The highest BCUT2D eigenvalue weighted by molar-refractivity contribution is 6.00. The van der Waals surface area contributed by atoms with Crippen LogP contribution < -0.4 is 21.3 Å². The van der Waals surface area contributed by atoms with E-state index in [1.165, 1.54) is 12.1 Å². The fraction of sp³-hybridized carbons (Fsp3) is 0.389. The van der Waals surface area contributed by atoms with Gasteiger partial charge in [0, 0.05) is 25.3 Å². The molecule has 0 aliphatic rings. The van der Waals surface area contributed by atoms with E-state index in [-0.39, 0.29) is 37.4 Å². The maximum absolute atomic E-state index is 13.1. The monoisotopic (exact) mass is 684 g/mol. The number of esters is 1. The third-order valence-electron chi connectivity index (χ3n) is 6.99. The lowest BCUT2D eigenvalue weighted by molar-refractivity contribution is -0.154. The van der Waals surface area contributed by atoms with Crippen LogP contribution in [-0.4, -0.2) is 49.1 Å². The van der Waals surface area contributed by atoms with Crippen LogP contribution in [0.15, 0.2) is 78.9 Å². The minimum atomic E-state index is -4.51. The number of alkyl halides is 3. The van der Waals surface area contributed by atoms with Gasteiger partial charge in [-0.1, -0.05) is 55.0 Å². The van der Waals surface area contributed by atoms with Crippen LogP contribution in [0.5, 0.6) is 0 Å². The number of hydrogen-bond acceptors (Lipinski definition) is 7. The number of hydrogen-bond donors (Lipinski definition) is 4. The molecule has 1 unspecified atom stereocenters. The molecule has 3 aromatic carbocycles. The lowest BCUT2D eigenvalue weighted by Crippen LogP contribution is -2.38. The Kier molecular flexibility index (Phi) is 14.5. The van der Waals surface area contributed by atoms with Crippen molar-refractivity contribution in [3.63, 3.8) is 0 Å². The van der Waals surface area contributed by atoms with Gasteiger partial charge in [0.15, 0.2) is 0 Å². The molecule has 10 nitrogen and oxygen atoms in total. The summed E-state index contributed by atoms with van der Waals surface area (Å²) in [6.07, 6.45) is -3.56. The smallest absolute Gasteiger partial charge is 0.416 e. The number of benzene rings is 3. The molecule has 0 heterocycles. The SMILES string of the molecule is CC(C)(C)OC(=O)NCCCCC(C(=O)NCCCNC(=O)c1ccccc1Nc1cccc(C(F)(F)F)c1)C(=O)OCc1ccccc1. The largest absolute Gasteiger partial charge is 0.460 e. The van der Waals surface area contributed by atoms with E-state index in [1.54, 1.807) is 57.2 Å². The molecule has 0 radical (unpaired) electrons. The van der Waals surface area contributed by atoms with E-state index in [4.69, 9.17) is 9.47 Å². The molecule has 0 aromatic heterocycles. The van der Waals surface area contributed by atoms with Crippen molar-refractivity contribution in [2.75, 3.05) is 25.0 Å². The molecule has 0 aliphatic heterocycles. The number of anilines is 2. The van der Waals surface area contributed by atoms with Gasteiger partial charge in [-0.2, -0.15) is 13.2 Å². The standard InChI is InChI=1S/C36H43F3N4O6/c1-35(2,3)49-34(47)42-20-10-9-18-29(33(46)48-24-25-13-5-4-6-14-25)32(45)41-22-12-21-40-31(44)28-17-7-8-19-30(28)43-27-16-11-15-26(23-27)36(37,38)39/h4-8,11,13-17,19,23,29,43H,9-10,12,18,20-22,24H2,1-3H3,(H,40,44)(H,41,45)(H,42,47). The minimum Gasteiger partial charge on any atom is -0.460 e. The summed E-state index contributed by atoms with van der Waals surface area (Å²) in [7, 11) is 0. The van der Waals surface area contributed by atoms with Crippen molar-refractivity contribution < 1.29 is 41.8 Å². The predicted octanol–water partition coefficient (Wildman–Crippen LogP) is 6.74. The van der Waals surface area contributed by atoms with Crippen LogP contribution in [0.1, 0.15) is 67.9 Å². The van der Waals surface area contributed by atoms with Gasteiger partial charge in [0.05, 0.1) is 16.8 Å². The molecule has 1 atom stereocenters. The Bertz CT molecular complexity index is 1540. The van der Waals surface area contributed by atoms with Crippen LogP contribution >= 0.6 is 0 Å². The second-order valence-corrected chi connectivity index (χ2v) is 12.2. The zero-order valence-electron chi connectivity index (χ0n) is 27.8. The zero-order chi connectivity index (χ0) is 35.9. The number of halogens is 3. The van der Waals surface area contributed by atoms with Crippen LogP contribution in [-0.2, 0) is 31.8 Å². The normalized spacial score (nSPS) is 12.0. The molecule has 0 bridgehead atoms. The number of rotatable bonds is 16. The van der Waals surface area contributed by atoms with Gasteiger partial charge in [-0.05, 0) is 75.9 Å². The highest BCUT2D eigenvalue weighted by atomic mass is 19.4. The number of para-hydroxylation sites is 1. The Balaban J connectivity index is 1.50. The Morgan fingerprint density at radius 2 is 1.43 bits per heavy atom. The molecule has 0 saturated heterocycles. The predicted molar refractivity (Wildman–Crippen MR) is 179 cm³/mol. The highest BCUT2D eigenvalue weighted by Gasteiger charge is 2.30. The number of ether oxygens (including phenoxy) is 2. The number of carbonyl (C=O) groups excluding carboxylic acids is 4. The number of amides is 3. The molecule has 0 spiro atoms. The first kappa shape index (κ1) is 38.4. The van der Waals surface area contributed by atoms with Gasteiger partial charge in [0.2, 0.25) is 5.91 Å². The second-order valence-electron chi connectivity index (χ2n) is 12.2. The van der Waals surface area contributed by atoms with Gasteiger partial charge in [0.1, 0.15) is 18.1 Å². The summed E-state index contributed by atoms with van der Waals surface area (Å²) >= 11 is 0. The lowest BCUT2D eigenvalue weighted by Gasteiger charge is -2.20. The average molecular weight is 685 g/mol. The molecule has 0 saturated carbocycles. The Morgan fingerprint density at radius 1 is 0.755 bits per heavy atom. The first-order valence-corrected chi connectivity index (χ1v) is 16.0. The van der Waals surface area contributed by atoms with Gasteiger partial charge >= 0.3 is 18.2 Å². The topological polar surface area (TPSA) is 135 Å². The Morgan fingerprint density at radius 3 is 2.14 bits per heavy atom. The molecule has 264 valence electrons. The minimum absolute atomic E-state index is 0.0137. The van der Waals surface area contributed by atoms with Crippen molar-refractivity contribution in [1.29, 1.82) is 0 Å². The Labute approximate surface area is 284 Å². The van der Waals surface area contributed by atoms with Gasteiger partial charge in [0.25, 0.3) is 5.91 Å². The van der Waals surface area contributed by atoms with Gasteiger partial charge in [-0.25, -0.2) is 4.79 Å². The van der Waals surface area contributed by atoms with Crippen LogP contribution in [0.25, 0.3) is 0 Å². The summed E-state index contributed by atoms with van der Waals surface area (Å²) in [5, 5.41) is 11.0. The summed E-state index contributed by atoms with van der Waals surface area (Å²) in [5.74, 6) is -2.71. The Hall–Kier alpha value is -5.07. The molecule has 13 heteroatoms. The third-order valence-corrected chi connectivity index (χ3v) is 6.99. The van der Waals surface area contributed by atoms with E-state index in [1.807, 2.05) is 18.2 Å². The van der Waals surface area contributed by atoms with Crippen molar-refractivity contribution in [2.45, 2.75) is 64.8 Å². The molecule has 3 aromatic rings. The summed E-state index contributed by atoms with van der Waals surface area (Å²) < 4.78 is 50.1. The van der Waals surface area contributed by atoms with E-state index < -0.39 is 47.1 Å². The van der Waals surface area contributed by atoms with E-state index in [2.05, 4.69) is 21.3 Å². The van der Waals surface area contributed by atoms with E-state index in [9.17, 15) is 32.3 Å². The van der Waals surface area contributed by atoms with Crippen molar-refractivity contribution in [2.24, 2.45) is 5.92 Å². The zero-order valence-corrected chi connectivity index (χ0v) is 27.8. The van der Waals surface area contributed by atoms with E-state index in [0.717, 1.165) is 17.7 Å². The van der Waals surface area contributed by atoms with Crippen molar-refractivity contribution in [3.05, 3.63) is 95.6 Å². The summed E-state index contributed by atoms with van der Waals surface area (Å²) in [5.41, 5.74) is 0.0592. The van der Waals surface area contributed by atoms with Crippen LogP contribution in [0, 0.1) is 5.92 Å². The maximum atomic E-state index is 13.1. The third kappa shape index (κ3) is 13.9. The summed E-state index contributed by atoms with van der Waals surface area (Å²) in [6.45, 7) is 5.93. The number of carbonyl (C=O) groups is 4. The quantitative estimate of drug-likeness (QED) is 0.0746. The number of nitrogens with one attached hydrogen (secondary N) is 4. The van der Waals surface area contributed by atoms with Crippen LogP contribution in [0.4, 0.5) is 29.3 Å². The summed E-state index contributed by atoms with van der Waals surface area (Å²) in [6, 6.07) is 20.2. The van der Waals surface area contributed by atoms with Gasteiger partial charge < -0.3 is 30.7 Å². The van der Waals surface area contributed by atoms with Crippen LogP contribution in [0.2, 0.25) is 0 Å².